The van der Waals surface area contributed by atoms with Gasteiger partial charge < -0.3 is 14.4 Å². The summed E-state index contributed by atoms with van der Waals surface area (Å²) in [5.41, 5.74) is -0.104. The van der Waals surface area contributed by atoms with Crippen molar-refractivity contribution in [2.45, 2.75) is 13.0 Å². The average Bonchev–Trinajstić information content (AvgIpc) is 2.61. The van der Waals surface area contributed by atoms with Crippen molar-refractivity contribution in [3.05, 3.63) is 30.2 Å². The van der Waals surface area contributed by atoms with Crippen LogP contribution in [0.2, 0.25) is 0 Å². The van der Waals surface area contributed by atoms with Gasteiger partial charge in [0.25, 0.3) is 0 Å². The summed E-state index contributed by atoms with van der Waals surface area (Å²) in [5, 5.41) is 11.9. The van der Waals surface area contributed by atoms with E-state index in [-0.39, 0.29) is 12.3 Å². The maximum Gasteiger partial charge on any atom is 0.358 e. The Morgan fingerprint density at radius 1 is 1.79 bits per heavy atom. The predicted octanol–water partition coefficient (Wildman–Crippen LogP) is 1.47. The minimum absolute atomic E-state index is 0.104. The molecule has 76 valence electrons. The number of rotatable bonds is 6. The fourth-order valence-corrected chi connectivity index (χ4v) is 0.821. The molecule has 0 bridgehead atoms. The first-order chi connectivity index (χ1) is 6.74. The van der Waals surface area contributed by atoms with Crippen molar-refractivity contribution >= 4 is 5.97 Å². The van der Waals surface area contributed by atoms with Gasteiger partial charge in [0.2, 0.25) is 0 Å². The lowest BCUT2D eigenvalue weighted by Crippen LogP contribution is -1.95. The van der Waals surface area contributed by atoms with Crippen LogP contribution in [-0.4, -0.2) is 22.8 Å². The molecule has 0 radical (unpaired) electrons. The number of ether oxygens (including phenoxy) is 1. The third-order valence-electron chi connectivity index (χ3n) is 1.49. The molecule has 0 atom stereocenters. The van der Waals surface area contributed by atoms with Crippen LogP contribution in [0.5, 0.6) is 0 Å². The van der Waals surface area contributed by atoms with Crippen LogP contribution in [0.25, 0.3) is 0 Å². The van der Waals surface area contributed by atoms with Gasteiger partial charge in [-0.2, -0.15) is 0 Å². The number of carbonyl (C=O) groups is 1. The average molecular weight is 197 g/mol. The molecule has 1 heterocycles. The zero-order chi connectivity index (χ0) is 10.4. The highest BCUT2D eigenvalue weighted by Gasteiger charge is 2.09. The van der Waals surface area contributed by atoms with Crippen molar-refractivity contribution in [2.24, 2.45) is 0 Å². The van der Waals surface area contributed by atoms with Gasteiger partial charge in [-0.25, -0.2) is 4.79 Å². The predicted molar refractivity (Wildman–Crippen MR) is 47.9 cm³/mol. The molecule has 0 amide bonds. The highest BCUT2D eigenvalue weighted by atomic mass is 16.5. The van der Waals surface area contributed by atoms with Gasteiger partial charge in [0.1, 0.15) is 6.61 Å². The summed E-state index contributed by atoms with van der Waals surface area (Å²) < 4.78 is 9.88. The van der Waals surface area contributed by atoms with Gasteiger partial charge in [0, 0.05) is 6.07 Å². The second-order valence-corrected chi connectivity index (χ2v) is 2.61. The summed E-state index contributed by atoms with van der Waals surface area (Å²) in [6.45, 7) is 4.30. The van der Waals surface area contributed by atoms with E-state index in [1.165, 1.54) is 6.07 Å². The zero-order valence-corrected chi connectivity index (χ0v) is 7.60. The summed E-state index contributed by atoms with van der Waals surface area (Å²) in [6, 6.07) is 1.34. The third-order valence-corrected chi connectivity index (χ3v) is 1.49. The van der Waals surface area contributed by atoms with Gasteiger partial charge in [0.15, 0.2) is 11.5 Å². The molecular weight excluding hydrogens is 186 g/mol. The van der Waals surface area contributed by atoms with Gasteiger partial charge in [0.05, 0.1) is 6.61 Å². The first-order valence-electron chi connectivity index (χ1n) is 4.11. The molecule has 5 heteroatoms. The fourth-order valence-electron chi connectivity index (χ4n) is 0.821. The number of hydrogen-bond donors (Lipinski definition) is 1. The van der Waals surface area contributed by atoms with E-state index in [0.29, 0.717) is 12.4 Å². The lowest BCUT2D eigenvalue weighted by atomic mass is 10.4. The Bertz CT molecular complexity index is 318. The van der Waals surface area contributed by atoms with Crippen molar-refractivity contribution in [1.29, 1.82) is 0 Å². The van der Waals surface area contributed by atoms with E-state index in [4.69, 9.17) is 14.4 Å². The Labute approximate surface area is 81.0 Å². The molecule has 0 fully saturated rings. The number of carboxylic acid groups (broad SMARTS) is 1. The molecule has 0 spiro atoms. The molecule has 1 aromatic heterocycles. The Morgan fingerprint density at radius 2 is 2.57 bits per heavy atom. The number of nitrogens with zero attached hydrogens (tertiary/aromatic N) is 1. The summed E-state index contributed by atoms with van der Waals surface area (Å²) in [5.74, 6) is -0.697. The van der Waals surface area contributed by atoms with Crippen molar-refractivity contribution in [2.75, 3.05) is 6.61 Å². The standard InChI is InChI=1S/C9H11NO4/c1-2-3-4-13-6-7-5-8(9(11)12)10-14-7/h2,5H,1,3-4,6H2,(H,11,12). The molecule has 0 saturated carbocycles. The van der Waals surface area contributed by atoms with Crippen LogP contribution in [-0.2, 0) is 11.3 Å². The molecule has 14 heavy (non-hydrogen) atoms. The molecule has 1 aromatic rings. The Morgan fingerprint density at radius 3 is 3.14 bits per heavy atom. The second kappa shape index (κ2) is 5.18. The summed E-state index contributed by atoms with van der Waals surface area (Å²) >= 11 is 0. The molecule has 0 aromatic carbocycles. The molecule has 0 unspecified atom stereocenters. The number of carboxylic acids is 1. The van der Waals surface area contributed by atoms with Gasteiger partial charge in [-0.3, -0.25) is 0 Å². The fraction of sp³-hybridized carbons (Fsp3) is 0.333. The van der Waals surface area contributed by atoms with E-state index >= 15 is 0 Å². The van der Waals surface area contributed by atoms with Crippen LogP contribution >= 0.6 is 0 Å². The third kappa shape index (κ3) is 3.02. The normalized spacial score (nSPS) is 10.0. The van der Waals surface area contributed by atoms with E-state index in [2.05, 4.69) is 11.7 Å². The molecule has 0 saturated heterocycles. The van der Waals surface area contributed by atoms with Crippen molar-refractivity contribution in [1.82, 2.24) is 5.16 Å². The van der Waals surface area contributed by atoms with E-state index in [1.54, 1.807) is 6.08 Å². The Kier molecular flexibility index (Phi) is 3.87. The van der Waals surface area contributed by atoms with E-state index in [0.717, 1.165) is 6.42 Å². The highest BCUT2D eigenvalue weighted by molar-refractivity contribution is 5.85. The van der Waals surface area contributed by atoms with Crippen LogP contribution in [0.4, 0.5) is 0 Å². The molecular formula is C9H11NO4. The number of aromatic carboxylic acids is 1. The minimum Gasteiger partial charge on any atom is -0.476 e. The zero-order valence-electron chi connectivity index (χ0n) is 7.60. The molecule has 0 aliphatic carbocycles. The molecule has 1 rings (SSSR count). The monoisotopic (exact) mass is 197 g/mol. The first-order valence-corrected chi connectivity index (χ1v) is 4.11. The number of hydrogen-bond acceptors (Lipinski definition) is 4. The van der Waals surface area contributed by atoms with Crippen LogP contribution < -0.4 is 0 Å². The van der Waals surface area contributed by atoms with Crippen LogP contribution in [0.1, 0.15) is 22.7 Å². The SMILES string of the molecule is C=CCCOCc1cc(C(=O)O)no1. The van der Waals surface area contributed by atoms with Gasteiger partial charge >= 0.3 is 5.97 Å². The summed E-state index contributed by atoms with van der Waals surface area (Å²) in [4.78, 5) is 10.4. The van der Waals surface area contributed by atoms with Gasteiger partial charge in [-0.15, -0.1) is 6.58 Å². The van der Waals surface area contributed by atoms with E-state index < -0.39 is 5.97 Å². The Hall–Kier alpha value is -1.62. The van der Waals surface area contributed by atoms with Crippen molar-refractivity contribution < 1.29 is 19.2 Å². The maximum atomic E-state index is 10.4. The largest absolute Gasteiger partial charge is 0.476 e. The minimum atomic E-state index is -1.11. The quantitative estimate of drug-likeness (QED) is 0.552. The van der Waals surface area contributed by atoms with Gasteiger partial charge in [-0.05, 0) is 6.42 Å². The number of aromatic nitrogens is 1. The molecule has 1 N–H and O–H groups in total. The van der Waals surface area contributed by atoms with Crippen molar-refractivity contribution in [3.63, 3.8) is 0 Å². The lowest BCUT2D eigenvalue weighted by molar-refractivity contribution is 0.0684. The van der Waals surface area contributed by atoms with E-state index in [9.17, 15) is 4.79 Å². The van der Waals surface area contributed by atoms with Crippen LogP contribution in [0.3, 0.4) is 0 Å². The second-order valence-electron chi connectivity index (χ2n) is 2.61. The van der Waals surface area contributed by atoms with E-state index in [1.807, 2.05) is 0 Å². The highest BCUT2D eigenvalue weighted by Crippen LogP contribution is 2.05. The summed E-state index contributed by atoms with van der Waals surface area (Å²) in [7, 11) is 0. The molecule has 5 nitrogen and oxygen atoms in total. The smallest absolute Gasteiger partial charge is 0.358 e. The van der Waals surface area contributed by atoms with Gasteiger partial charge in [-0.1, -0.05) is 11.2 Å². The lowest BCUT2D eigenvalue weighted by Gasteiger charge is -1.96. The topological polar surface area (TPSA) is 72.6 Å². The first kappa shape index (κ1) is 10.5. The molecule has 0 aliphatic rings. The van der Waals surface area contributed by atoms with Crippen LogP contribution in [0, 0.1) is 0 Å². The summed E-state index contributed by atoms with van der Waals surface area (Å²) in [6.07, 6.45) is 2.49. The van der Waals surface area contributed by atoms with Crippen LogP contribution in [0.15, 0.2) is 23.2 Å². The molecule has 0 aliphatic heterocycles. The maximum absolute atomic E-state index is 10.4. The van der Waals surface area contributed by atoms with Crippen molar-refractivity contribution in [3.8, 4) is 0 Å². The Balaban J connectivity index is 2.36.